The summed E-state index contributed by atoms with van der Waals surface area (Å²) in [6.07, 6.45) is 6.73. The molecule has 1 unspecified atom stereocenters. The Bertz CT molecular complexity index is 793. The number of benzene rings is 1. The molecule has 2 rings (SSSR count). The number of hydrogen-bond acceptors (Lipinski definition) is 3. The number of amides is 3. The molecule has 1 fully saturated rings. The minimum absolute atomic E-state index is 0.111. The molecule has 0 radical (unpaired) electrons. The molecule has 0 bridgehead atoms. The van der Waals surface area contributed by atoms with Crippen LogP contribution in [0, 0.1) is 5.41 Å². The van der Waals surface area contributed by atoms with E-state index in [4.69, 9.17) is 0 Å². The van der Waals surface area contributed by atoms with Crippen molar-refractivity contribution >= 4 is 17.7 Å². The highest BCUT2D eigenvalue weighted by Crippen LogP contribution is 2.26. The molecular formula is C27H43N3O3. The Kier molecular flexibility index (Phi) is 9.50. The van der Waals surface area contributed by atoms with Crippen LogP contribution in [0.3, 0.4) is 0 Å². The van der Waals surface area contributed by atoms with E-state index in [0.717, 1.165) is 37.7 Å². The summed E-state index contributed by atoms with van der Waals surface area (Å²) in [5, 5.41) is 6.15. The molecule has 1 atom stereocenters. The van der Waals surface area contributed by atoms with Gasteiger partial charge in [-0.15, -0.1) is 0 Å². The van der Waals surface area contributed by atoms with Gasteiger partial charge in [0.2, 0.25) is 17.7 Å². The average molecular weight is 458 g/mol. The Morgan fingerprint density at radius 1 is 1.00 bits per heavy atom. The SMILES string of the molecule is CCCC(C(=O)NC1CCCCC1)N(Cc1ccccc1)C(=O)C(C)(C)C(=O)NC(C)(C)C. The third-order valence-corrected chi connectivity index (χ3v) is 6.24. The molecule has 6 heteroatoms. The zero-order valence-corrected chi connectivity index (χ0v) is 21.4. The van der Waals surface area contributed by atoms with Crippen LogP contribution in [0.4, 0.5) is 0 Å². The Labute approximate surface area is 199 Å². The average Bonchev–Trinajstić information content (AvgIpc) is 2.75. The van der Waals surface area contributed by atoms with Crippen molar-refractivity contribution in [1.82, 2.24) is 15.5 Å². The molecular weight excluding hydrogens is 414 g/mol. The predicted molar refractivity (Wildman–Crippen MR) is 132 cm³/mol. The van der Waals surface area contributed by atoms with Gasteiger partial charge in [-0.25, -0.2) is 0 Å². The van der Waals surface area contributed by atoms with Crippen molar-refractivity contribution < 1.29 is 14.4 Å². The van der Waals surface area contributed by atoms with E-state index >= 15 is 0 Å². The van der Waals surface area contributed by atoms with Crippen LogP contribution in [0.1, 0.15) is 92.1 Å². The Morgan fingerprint density at radius 3 is 2.15 bits per heavy atom. The first kappa shape index (κ1) is 26.9. The van der Waals surface area contributed by atoms with Gasteiger partial charge in [0.1, 0.15) is 11.5 Å². The second kappa shape index (κ2) is 11.7. The van der Waals surface area contributed by atoms with Crippen LogP contribution < -0.4 is 10.6 Å². The largest absolute Gasteiger partial charge is 0.352 e. The van der Waals surface area contributed by atoms with E-state index in [1.807, 2.05) is 58.0 Å². The maximum Gasteiger partial charge on any atom is 0.243 e. The Hall–Kier alpha value is -2.37. The maximum atomic E-state index is 13.9. The number of nitrogens with one attached hydrogen (secondary N) is 2. The van der Waals surface area contributed by atoms with Gasteiger partial charge in [-0.1, -0.05) is 62.9 Å². The van der Waals surface area contributed by atoms with Gasteiger partial charge >= 0.3 is 0 Å². The van der Waals surface area contributed by atoms with Crippen molar-refractivity contribution in [2.24, 2.45) is 5.41 Å². The zero-order chi connectivity index (χ0) is 24.6. The molecule has 6 nitrogen and oxygen atoms in total. The third-order valence-electron chi connectivity index (χ3n) is 6.24. The van der Waals surface area contributed by atoms with Crippen molar-refractivity contribution in [1.29, 1.82) is 0 Å². The summed E-state index contributed by atoms with van der Waals surface area (Å²) in [6, 6.07) is 9.21. The van der Waals surface area contributed by atoms with Crippen LogP contribution in [0.2, 0.25) is 0 Å². The van der Waals surface area contributed by atoms with Crippen LogP contribution >= 0.6 is 0 Å². The molecule has 0 spiro atoms. The summed E-state index contributed by atoms with van der Waals surface area (Å²) in [4.78, 5) is 42.1. The molecule has 0 saturated heterocycles. The topological polar surface area (TPSA) is 78.5 Å². The van der Waals surface area contributed by atoms with Gasteiger partial charge in [0, 0.05) is 18.1 Å². The lowest BCUT2D eigenvalue weighted by molar-refractivity contribution is -0.154. The number of carbonyl (C=O) groups excluding carboxylic acids is 3. The van der Waals surface area contributed by atoms with Crippen molar-refractivity contribution in [3.8, 4) is 0 Å². The number of carbonyl (C=O) groups is 3. The van der Waals surface area contributed by atoms with E-state index in [-0.39, 0.29) is 30.3 Å². The van der Waals surface area contributed by atoms with Crippen molar-refractivity contribution in [3.05, 3.63) is 35.9 Å². The lowest BCUT2D eigenvalue weighted by Gasteiger charge is -2.38. The Balaban J connectivity index is 2.35. The van der Waals surface area contributed by atoms with Crippen LogP contribution in [0.5, 0.6) is 0 Å². The molecule has 0 heterocycles. The minimum atomic E-state index is -1.31. The molecule has 0 aliphatic heterocycles. The van der Waals surface area contributed by atoms with Gasteiger partial charge in [0.05, 0.1) is 0 Å². The fourth-order valence-corrected chi connectivity index (χ4v) is 4.30. The molecule has 33 heavy (non-hydrogen) atoms. The highest BCUT2D eigenvalue weighted by molar-refractivity contribution is 6.05. The number of nitrogens with zero attached hydrogens (tertiary/aromatic N) is 1. The first-order valence-corrected chi connectivity index (χ1v) is 12.4. The molecule has 0 aromatic heterocycles. The standard InChI is InChI=1S/C27H43N3O3/c1-7-14-22(23(31)28-21-17-12-9-13-18-21)30(19-20-15-10-8-11-16-20)25(33)27(5,6)24(32)29-26(2,3)4/h8,10-11,15-16,21-22H,7,9,12-14,17-19H2,1-6H3,(H,28,31)(H,29,32). The molecule has 3 amide bonds. The van der Waals surface area contributed by atoms with Crippen molar-refractivity contribution in [3.63, 3.8) is 0 Å². The third kappa shape index (κ3) is 7.86. The molecule has 1 aliphatic rings. The van der Waals surface area contributed by atoms with Crippen molar-refractivity contribution in [2.75, 3.05) is 0 Å². The minimum Gasteiger partial charge on any atom is -0.352 e. The van der Waals surface area contributed by atoms with Gasteiger partial charge in [0.25, 0.3) is 0 Å². The van der Waals surface area contributed by atoms with Crippen LogP contribution in [-0.4, -0.2) is 40.2 Å². The molecule has 184 valence electrons. The van der Waals surface area contributed by atoms with Crippen LogP contribution in [0.25, 0.3) is 0 Å². The lowest BCUT2D eigenvalue weighted by Crippen LogP contribution is -2.58. The van der Waals surface area contributed by atoms with Gasteiger partial charge in [-0.3, -0.25) is 14.4 Å². The predicted octanol–water partition coefficient (Wildman–Crippen LogP) is 4.57. The quantitative estimate of drug-likeness (QED) is 0.533. The van der Waals surface area contributed by atoms with Gasteiger partial charge < -0.3 is 15.5 Å². The first-order chi connectivity index (χ1) is 15.5. The van der Waals surface area contributed by atoms with Crippen LogP contribution in [-0.2, 0) is 20.9 Å². The maximum absolute atomic E-state index is 13.9. The Morgan fingerprint density at radius 2 is 1.61 bits per heavy atom. The summed E-state index contributed by atoms with van der Waals surface area (Å²) in [7, 11) is 0. The monoisotopic (exact) mass is 457 g/mol. The summed E-state index contributed by atoms with van der Waals surface area (Å²) in [6.45, 7) is 11.3. The molecule has 1 aliphatic carbocycles. The van der Waals surface area contributed by atoms with E-state index < -0.39 is 17.0 Å². The summed E-state index contributed by atoms with van der Waals surface area (Å²) in [5.74, 6) is -0.772. The lowest BCUT2D eigenvalue weighted by atomic mass is 9.87. The fourth-order valence-electron chi connectivity index (χ4n) is 4.30. The summed E-state index contributed by atoms with van der Waals surface area (Å²) in [5.41, 5.74) is -0.830. The number of hydrogen-bond donors (Lipinski definition) is 2. The number of rotatable bonds is 9. The summed E-state index contributed by atoms with van der Waals surface area (Å²) >= 11 is 0. The highest BCUT2D eigenvalue weighted by atomic mass is 16.2. The second-order valence-electron chi connectivity index (χ2n) is 10.9. The van der Waals surface area contributed by atoms with Crippen molar-refractivity contribution in [2.45, 2.75) is 111 Å². The fraction of sp³-hybridized carbons (Fsp3) is 0.667. The molecule has 1 aromatic carbocycles. The van der Waals surface area contributed by atoms with E-state index in [1.165, 1.54) is 6.42 Å². The second-order valence-corrected chi connectivity index (χ2v) is 10.9. The first-order valence-electron chi connectivity index (χ1n) is 12.4. The van der Waals surface area contributed by atoms with E-state index in [9.17, 15) is 14.4 Å². The smallest absolute Gasteiger partial charge is 0.243 e. The summed E-state index contributed by atoms with van der Waals surface area (Å²) < 4.78 is 0. The van der Waals surface area contributed by atoms with Gasteiger partial charge in [-0.05, 0) is 59.4 Å². The van der Waals surface area contributed by atoms with E-state index in [1.54, 1.807) is 18.7 Å². The van der Waals surface area contributed by atoms with E-state index in [0.29, 0.717) is 6.42 Å². The van der Waals surface area contributed by atoms with Gasteiger partial charge in [-0.2, -0.15) is 0 Å². The normalized spacial score (nSPS) is 16.1. The van der Waals surface area contributed by atoms with Gasteiger partial charge in [0.15, 0.2) is 0 Å². The van der Waals surface area contributed by atoms with Crippen LogP contribution in [0.15, 0.2) is 30.3 Å². The molecule has 1 aromatic rings. The zero-order valence-electron chi connectivity index (χ0n) is 21.4. The van der Waals surface area contributed by atoms with E-state index in [2.05, 4.69) is 10.6 Å². The molecule has 1 saturated carbocycles. The molecule has 2 N–H and O–H groups in total. The highest BCUT2D eigenvalue weighted by Gasteiger charge is 2.43.